The van der Waals surface area contributed by atoms with Crippen molar-refractivity contribution in [1.29, 1.82) is 0 Å². The SMILES string of the molecule is Cn1cc(C(=O)N2CCCC(n3ccnn3)C2)c(C(C)(C)C)n1. The standard InChI is InChI=1S/C16H24N6O/c1-16(2,3)14-13(11-20(4)18-14)15(23)21-8-5-6-12(10-21)22-9-7-17-19-22/h7,9,11-12H,5-6,8,10H2,1-4H3. The summed E-state index contributed by atoms with van der Waals surface area (Å²) in [6, 6.07) is 0.199. The molecule has 1 saturated heterocycles. The van der Waals surface area contributed by atoms with Crippen LogP contribution in [0.4, 0.5) is 0 Å². The summed E-state index contributed by atoms with van der Waals surface area (Å²) in [6.07, 6.45) is 7.37. The van der Waals surface area contributed by atoms with Gasteiger partial charge in [-0.3, -0.25) is 9.48 Å². The van der Waals surface area contributed by atoms with E-state index in [2.05, 4.69) is 36.2 Å². The zero-order valence-corrected chi connectivity index (χ0v) is 14.2. The molecule has 1 amide bonds. The third kappa shape index (κ3) is 3.13. The molecule has 0 bridgehead atoms. The number of carbonyl (C=O) groups is 1. The number of carbonyl (C=O) groups excluding carboxylic acids is 1. The van der Waals surface area contributed by atoms with E-state index in [9.17, 15) is 4.79 Å². The Kier molecular flexibility index (Phi) is 3.95. The topological polar surface area (TPSA) is 68.8 Å². The van der Waals surface area contributed by atoms with Crippen LogP contribution in [0.5, 0.6) is 0 Å². The molecule has 124 valence electrons. The summed E-state index contributed by atoms with van der Waals surface area (Å²) in [7, 11) is 1.86. The van der Waals surface area contributed by atoms with Gasteiger partial charge in [-0.15, -0.1) is 5.10 Å². The van der Waals surface area contributed by atoms with Crippen LogP contribution >= 0.6 is 0 Å². The summed E-state index contributed by atoms with van der Waals surface area (Å²) >= 11 is 0. The van der Waals surface area contributed by atoms with Gasteiger partial charge < -0.3 is 4.90 Å². The molecule has 1 aliphatic heterocycles. The third-order valence-electron chi connectivity index (χ3n) is 4.27. The van der Waals surface area contributed by atoms with Gasteiger partial charge in [-0.05, 0) is 12.8 Å². The summed E-state index contributed by atoms with van der Waals surface area (Å²) < 4.78 is 3.58. The Labute approximate surface area is 136 Å². The van der Waals surface area contributed by atoms with E-state index in [1.54, 1.807) is 10.9 Å². The monoisotopic (exact) mass is 316 g/mol. The molecule has 7 heteroatoms. The molecule has 0 aliphatic carbocycles. The first-order valence-electron chi connectivity index (χ1n) is 8.05. The maximum Gasteiger partial charge on any atom is 0.257 e. The average molecular weight is 316 g/mol. The number of likely N-dealkylation sites (tertiary alicyclic amines) is 1. The van der Waals surface area contributed by atoms with E-state index < -0.39 is 0 Å². The van der Waals surface area contributed by atoms with Crippen LogP contribution in [0.15, 0.2) is 18.6 Å². The molecular weight excluding hydrogens is 292 g/mol. The van der Waals surface area contributed by atoms with Gasteiger partial charge in [-0.1, -0.05) is 26.0 Å². The van der Waals surface area contributed by atoms with Crippen LogP contribution in [-0.4, -0.2) is 48.7 Å². The Bertz CT molecular complexity index is 682. The molecule has 0 spiro atoms. The molecule has 1 atom stereocenters. The van der Waals surface area contributed by atoms with Crippen molar-refractivity contribution in [2.45, 2.75) is 45.1 Å². The highest BCUT2D eigenvalue weighted by Gasteiger charge is 2.31. The zero-order valence-electron chi connectivity index (χ0n) is 14.2. The van der Waals surface area contributed by atoms with Crippen LogP contribution in [0.3, 0.4) is 0 Å². The molecule has 2 aromatic heterocycles. The maximum atomic E-state index is 13.0. The van der Waals surface area contributed by atoms with Crippen LogP contribution in [0, 0.1) is 0 Å². The second-order valence-corrected chi connectivity index (χ2v) is 7.25. The van der Waals surface area contributed by atoms with E-state index >= 15 is 0 Å². The lowest BCUT2D eigenvalue weighted by molar-refractivity contribution is 0.0669. The number of hydrogen-bond acceptors (Lipinski definition) is 4. The van der Waals surface area contributed by atoms with Crippen molar-refractivity contribution in [2.75, 3.05) is 13.1 Å². The van der Waals surface area contributed by atoms with Gasteiger partial charge >= 0.3 is 0 Å². The van der Waals surface area contributed by atoms with Crippen molar-refractivity contribution >= 4 is 5.91 Å². The molecule has 3 rings (SSSR count). The quantitative estimate of drug-likeness (QED) is 0.847. The largest absolute Gasteiger partial charge is 0.336 e. The van der Waals surface area contributed by atoms with Gasteiger partial charge in [0.25, 0.3) is 5.91 Å². The first-order valence-corrected chi connectivity index (χ1v) is 8.05. The minimum atomic E-state index is -0.159. The Balaban J connectivity index is 1.83. The van der Waals surface area contributed by atoms with Crippen LogP contribution in [0.25, 0.3) is 0 Å². The number of piperidine rings is 1. The predicted molar refractivity (Wildman–Crippen MR) is 86.1 cm³/mol. The van der Waals surface area contributed by atoms with Crippen molar-refractivity contribution < 1.29 is 4.79 Å². The Morgan fingerprint density at radius 1 is 1.35 bits per heavy atom. The fraction of sp³-hybridized carbons (Fsp3) is 0.625. The smallest absolute Gasteiger partial charge is 0.257 e. The molecule has 0 N–H and O–H groups in total. The lowest BCUT2D eigenvalue weighted by atomic mass is 9.89. The van der Waals surface area contributed by atoms with Gasteiger partial charge in [0.05, 0.1) is 23.5 Å². The molecule has 1 unspecified atom stereocenters. The van der Waals surface area contributed by atoms with Gasteiger partial charge in [-0.2, -0.15) is 5.10 Å². The van der Waals surface area contributed by atoms with Crippen LogP contribution < -0.4 is 0 Å². The summed E-state index contributed by atoms with van der Waals surface area (Å²) in [4.78, 5) is 14.9. The lowest BCUT2D eigenvalue weighted by Crippen LogP contribution is -2.41. The predicted octanol–water partition coefficient (Wildman–Crippen LogP) is 1.79. The maximum absolute atomic E-state index is 13.0. The van der Waals surface area contributed by atoms with Gasteiger partial charge in [0, 0.05) is 37.9 Å². The van der Waals surface area contributed by atoms with Crippen molar-refractivity contribution in [3.05, 3.63) is 29.8 Å². The Hall–Kier alpha value is -2.18. The molecule has 7 nitrogen and oxygen atoms in total. The molecule has 2 aromatic rings. The van der Waals surface area contributed by atoms with Gasteiger partial charge in [0.2, 0.25) is 0 Å². The summed E-state index contributed by atoms with van der Waals surface area (Å²) in [6.45, 7) is 7.70. The normalized spacial score (nSPS) is 19.1. The molecular formula is C16H24N6O. The highest BCUT2D eigenvalue weighted by molar-refractivity contribution is 5.95. The van der Waals surface area contributed by atoms with Crippen LogP contribution in [0.2, 0.25) is 0 Å². The molecule has 1 fully saturated rings. The van der Waals surface area contributed by atoms with Crippen LogP contribution in [0.1, 0.15) is 55.7 Å². The first-order chi connectivity index (χ1) is 10.9. The Morgan fingerprint density at radius 3 is 2.78 bits per heavy atom. The van der Waals surface area contributed by atoms with Crippen molar-refractivity contribution in [3.8, 4) is 0 Å². The molecule has 0 radical (unpaired) electrons. The van der Waals surface area contributed by atoms with E-state index in [1.165, 1.54) is 0 Å². The minimum absolute atomic E-state index is 0.0628. The van der Waals surface area contributed by atoms with E-state index in [1.807, 2.05) is 29.0 Å². The number of amides is 1. The molecule has 0 aromatic carbocycles. The molecule has 1 aliphatic rings. The van der Waals surface area contributed by atoms with E-state index in [0.717, 1.165) is 25.1 Å². The molecule has 3 heterocycles. The summed E-state index contributed by atoms with van der Waals surface area (Å²) in [5, 5.41) is 12.5. The third-order valence-corrected chi connectivity index (χ3v) is 4.27. The number of aromatic nitrogens is 5. The number of rotatable bonds is 2. The number of nitrogens with zero attached hydrogens (tertiary/aromatic N) is 6. The van der Waals surface area contributed by atoms with Gasteiger partial charge in [0.15, 0.2) is 0 Å². The van der Waals surface area contributed by atoms with Crippen molar-refractivity contribution in [1.82, 2.24) is 29.7 Å². The first kappa shape index (κ1) is 15.7. The zero-order chi connectivity index (χ0) is 16.6. The van der Waals surface area contributed by atoms with E-state index in [4.69, 9.17) is 0 Å². The minimum Gasteiger partial charge on any atom is -0.336 e. The summed E-state index contributed by atoms with van der Waals surface area (Å²) in [5.41, 5.74) is 1.40. The van der Waals surface area contributed by atoms with E-state index in [0.29, 0.717) is 12.1 Å². The second-order valence-electron chi connectivity index (χ2n) is 7.25. The van der Waals surface area contributed by atoms with Crippen molar-refractivity contribution in [2.24, 2.45) is 7.05 Å². The highest BCUT2D eigenvalue weighted by Crippen LogP contribution is 2.27. The fourth-order valence-electron chi connectivity index (χ4n) is 3.14. The number of aryl methyl sites for hydroxylation is 1. The van der Waals surface area contributed by atoms with Gasteiger partial charge in [-0.25, -0.2) is 4.68 Å². The van der Waals surface area contributed by atoms with Crippen molar-refractivity contribution in [3.63, 3.8) is 0 Å². The second kappa shape index (κ2) is 5.79. The van der Waals surface area contributed by atoms with Gasteiger partial charge in [0.1, 0.15) is 0 Å². The fourth-order valence-corrected chi connectivity index (χ4v) is 3.14. The van der Waals surface area contributed by atoms with Crippen LogP contribution in [-0.2, 0) is 12.5 Å². The molecule has 0 saturated carbocycles. The summed E-state index contributed by atoms with van der Waals surface area (Å²) in [5.74, 6) is 0.0628. The molecule has 23 heavy (non-hydrogen) atoms. The van der Waals surface area contributed by atoms with E-state index in [-0.39, 0.29) is 17.4 Å². The Morgan fingerprint density at radius 2 is 2.13 bits per heavy atom. The number of hydrogen-bond donors (Lipinski definition) is 0. The lowest BCUT2D eigenvalue weighted by Gasteiger charge is -2.33. The average Bonchev–Trinajstić information content (AvgIpc) is 3.15. The highest BCUT2D eigenvalue weighted by atomic mass is 16.2.